The molecule has 0 rings (SSSR count). The van der Waals surface area contributed by atoms with Gasteiger partial charge in [0, 0.05) is 13.7 Å². The molecule has 0 aliphatic heterocycles. The average molecular weight is 219 g/mol. The Morgan fingerprint density at radius 1 is 1.20 bits per heavy atom. The zero-order valence-electron chi connectivity index (χ0n) is 9.75. The lowest BCUT2D eigenvalue weighted by molar-refractivity contribution is 0.0420. The van der Waals surface area contributed by atoms with Gasteiger partial charge in [-0.25, -0.2) is 4.79 Å². The molecular formula is C10H21NO4. The number of ether oxygens (including phenoxy) is 3. The van der Waals surface area contributed by atoms with Crippen LogP contribution in [-0.2, 0) is 14.2 Å². The number of carbonyl (C=O) groups excluding carboxylic acids is 1. The van der Waals surface area contributed by atoms with Crippen LogP contribution in [0.2, 0.25) is 0 Å². The van der Waals surface area contributed by atoms with Crippen LogP contribution < -0.4 is 5.32 Å². The van der Waals surface area contributed by atoms with Crippen LogP contribution in [0.15, 0.2) is 0 Å². The highest BCUT2D eigenvalue weighted by Crippen LogP contribution is 1.88. The van der Waals surface area contributed by atoms with Gasteiger partial charge in [-0.1, -0.05) is 13.8 Å². The monoisotopic (exact) mass is 219 g/mol. The highest BCUT2D eigenvalue weighted by Gasteiger charge is 2.01. The number of hydrogen-bond donors (Lipinski definition) is 1. The van der Waals surface area contributed by atoms with E-state index in [0.717, 1.165) is 0 Å². The van der Waals surface area contributed by atoms with Crippen LogP contribution >= 0.6 is 0 Å². The Labute approximate surface area is 91.1 Å². The predicted molar refractivity (Wildman–Crippen MR) is 56.9 cm³/mol. The van der Waals surface area contributed by atoms with Crippen molar-refractivity contribution in [2.24, 2.45) is 5.92 Å². The van der Waals surface area contributed by atoms with Crippen molar-refractivity contribution in [1.29, 1.82) is 0 Å². The van der Waals surface area contributed by atoms with Crippen LogP contribution in [0.3, 0.4) is 0 Å². The summed E-state index contributed by atoms with van der Waals surface area (Å²) >= 11 is 0. The SMILES string of the molecule is COCCOCCOC(=O)NCC(C)C. The largest absolute Gasteiger partial charge is 0.447 e. The van der Waals surface area contributed by atoms with Gasteiger partial charge in [-0.3, -0.25) is 0 Å². The summed E-state index contributed by atoms with van der Waals surface area (Å²) in [6.45, 7) is 6.42. The maximum absolute atomic E-state index is 11.0. The van der Waals surface area contributed by atoms with Crippen molar-refractivity contribution in [3.05, 3.63) is 0 Å². The number of hydrogen-bond acceptors (Lipinski definition) is 4. The number of rotatable bonds is 8. The minimum Gasteiger partial charge on any atom is -0.447 e. The van der Waals surface area contributed by atoms with Gasteiger partial charge in [0.05, 0.1) is 19.8 Å². The molecule has 0 spiro atoms. The molecule has 0 unspecified atom stereocenters. The maximum atomic E-state index is 11.0. The van der Waals surface area contributed by atoms with Crippen molar-refractivity contribution < 1.29 is 19.0 Å². The Balaban J connectivity index is 3.17. The van der Waals surface area contributed by atoms with Crippen LogP contribution in [0.1, 0.15) is 13.8 Å². The lowest BCUT2D eigenvalue weighted by atomic mass is 10.2. The van der Waals surface area contributed by atoms with Gasteiger partial charge >= 0.3 is 6.09 Å². The lowest BCUT2D eigenvalue weighted by Crippen LogP contribution is -2.29. The molecule has 0 bridgehead atoms. The molecular weight excluding hydrogens is 198 g/mol. The van der Waals surface area contributed by atoms with Gasteiger partial charge in [-0.15, -0.1) is 0 Å². The number of alkyl carbamates (subject to hydrolysis) is 1. The highest BCUT2D eigenvalue weighted by atomic mass is 16.6. The number of nitrogens with one attached hydrogen (secondary N) is 1. The fourth-order valence-corrected chi connectivity index (χ4v) is 0.776. The molecule has 1 N–H and O–H groups in total. The first-order valence-electron chi connectivity index (χ1n) is 5.14. The van der Waals surface area contributed by atoms with E-state index in [4.69, 9.17) is 14.2 Å². The Morgan fingerprint density at radius 3 is 2.47 bits per heavy atom. The molecule has 5 heteroatoms. The van der Waals surface area contributed by atoms with E-state index in [0.29, 0.717) is 32.3 Å². The van der Waals surface area contributed by atoms with E-state index >= 15 is 0 Å². The smallest absolute Gasteiger partial charge is 0.407 e. The molecule has 0 radical (unpaired) electrons. The zero-order valence-corrected chi connectivity index (χ0v) is 9.75. The number of methoxy groups -OCH3 is 1. The zero-order chi connectivity index (χ0) is 11.5. The summed E-state index contributed by atoms with van der Waals surface area (Å²) in [5.74, 6) is 0.426. The van der Waals surface area contributed by atoms with E-state index in [1.165, 1.54) is 0 Å². The molecule has 0 aromatic rings. The molecule has 90 valence electrons. The number of amides is 1. The third-order valence-corrected chi connectivity index (χ3v) is 1.55. The maximum Gasteiger partial charge on any atom is 0.407 e. The summed E-state index contributed by atoms with van der Waals surface area (Å²) < 4.78 is 14.8. The second-order valence-electron chi connectivity index (χ2n) is 3.52. The summed E-state index contributed by atoms with van der Waals surface area (Å²) in [7, 11) is 1.61. The van der Waals surface area contributed by atoms with Gasteiger partial charge in [-0.2, -0.15) is 0 Å². The van der Waals surface area contributed by atoms with E-state index in [1.807, 2.05) is 13.8 Å². The Bertz CT molecular complexity index is 162. The van der Waals surface area contributed by atoms with Crippen LogP contribution in [-0.4, -0.2) is 46.2 Å². The van der Waals surface area contributed by atoms with E-state index in [-0.39, 0.29) is 12.7 Å². The molecule has 0 aromatic heterocycles. The first kappa shape index (κ1) is 14.2. The molecule has 0 saturated carbocycles. The summed E-state index contributed by atoms with van der Waals surface area (Å²) in [5.41, 5.74) is 0. The fourth-order valence-electron chi connectivity index (χ4n) is 0.776. The predicted octanol–water partition coefficient (Wildman–Crippen LogP) is 1.03. The summed E-state index contributed by atoms with van der Waals surface area (Å²) in [4.78, 5) is 11.0. The quantitative estimate of drug-likeness (QED) is 0.619. The minimum atomic E-state index is -0.390. The van der Waals surface area contributed by atoms with E-state index in [9.17, 15) is 4.79 Å². The average Bonchev–Trinajstić information content (AvgIpc) is 2.20. The fraction of sp³-hybridized carbons (Fsp3) is 0.900. The van der Waals surface area contributed by atoms with Gasteiger partial charge in [0.1, 0.15) is 6.61 Å². The molecule has 0 aliphatic rings. The molecule has 0 fully saturated rings. The van der Waals surface area contributed by atoms with Crippen LogP contribution in [0.4, 0.5) is 4.79 Å². The number of carbonyl (C=O) groups is 1. The van der Waals surface area contributed by atoms with E-state index in [1.54, 1.807) is 7.11 Å². The van der Waals surface area contributed by atoms with Gasteiger partial charge in [0.2, 0.25) is 0 Å². The molecule has 0 heterocycles. The summed E-state index contributed by atoms with van der Waals surface area (Å²) in [6, 6.07) is 0. The van der Waals surface area contributed by atoms with Crippen LogP contribution in [0.5, 0.6) is 0 Å². The van der Waals surface area contributed by atoms with Crippen molar-refractivity contribution in [3.8, 4) is 0 Å². The van der Waals surface area contributed by atoms with Crippen LogP contribution in [0.25, 0.3) is 0 Å². The topological polar surface area (TPSA) is 56.8 Å². The van der Waals surface area contributed by atoms with Crippen LogP contribution in [0, 0.1) is 5.92 Å². The Morgan fingerprint density at radius 2 is 1.87 bits per heavy atom. The molecule has 0 aromatic carbocycles. The summed E-state index contributed by atoms with van der Waals surface area (Å²) in [6.07, 6.45) is -0.390. The second kappa shape index (κ2) is 9.73. The van der Waals surface area contributed by atoms with Gasteiger partial charge < -0.3 is 19.5 Å². The Kier molecular flexibility index (Phi) is 9.21. The van der Waals surface area contributed by atoms with E-state index < -0.39 is 0 Å². The molecule has 0 atom stereocenters. The molecule has 15 heavy (non-hydrogen) atoms. The summed E-state index contributed by atoms with van der Waals surface area (Å²) in [5, 5.41) is 2.64. The molecule has 1 amide bonds. The highest BCUT2D eigenvalue weighted by molar-refractivity contribution is 5.67. The molecule has 0 aliphatic carbocycles. The van der Waals surface area contributed by atoms with Crippen molar-refractivity contribution >= 4 is 6.09 Å². The van der Waals surface area contributed by atoms with Gasteiger partial charge in [0.15, 0.2) is 0 Å². The third-order valence-electron chi connectivity index (χ3n) is 1.55. The molecule has 5 nitrogen and oxygen atoms in total. The van der Waals surface area contributed by atoms with Gasteiger partial charge in [0.25, 0.3) is 0 Å². The first-order valence-corrected chi connectivity index (χ1v) is 5.14. The third kappa shape index (κ3) is 11.1. The van der Waals surface area contributed by atoms with Gasteiger partial charge in [-0.05, 0) is 5.92 Å². The van der Waals surface area contributed by atoms with Crippen molar-refractivity contribution in [2.45, 2.75) is 13.8 Å². The van der Waals surface area contributed by atoms with E-state index in [2.05, 4.69) is 5.32 Å². The molecule has 0 saturated heterocycles. The second-order valence-corrected chi connectivity index (χ2v) is 3.52. The standard InChI is InChI=1S/C10H21NO4/c1-9(2)8-11-10(12)15-7-6-14-5-4-13-3/h9H,4-8H2,1-3H3,(H,11,12). The van der Waals surface area contributed by atoms with Crippen molar-refractivity contribution in [2.75, 3.05) is 40.1 Å². The normalized spacial score (nSPS) is 10.4. The minimum absolute atomic E-state index is 0.271. The Hall–Kier alpha value is -0.810. The lowest BCUT2D eigenvalue weighted by Gasteiger charge is -2.08. The van der Waals surface area contributed by atoms with Crippen molar-refractivity contribution in [3.63, 3.8) is 0 Å². The van der Waals surface area contributed by atoms with Crippen molar-refractivity contribution in [1.82, 2.24) is 5.32 Å². The first-order chi connectivity index (χ1) is 7.16.